The zero-order valence-electron chi connectivity index (χ0n) is 18.1. The molecule has 1 aromatic carbocycles. The Hall–Kier alpha value is -2.93. The lowest BCUT2D eigenvalue weighted by Crippen LogP contribution is -2.34. The fourth-order valence-corrected chi connectivity index (χ4v) is 3.82. The second-order valence-electron chi connectivity index (χ2n) is 7.49. The van der Waals surface area contributed by atoms with Crippen LogP contribution in [0.2, 0.25) is 0 Å². The Morgan fingerprint density at radius 3 is 2.73 bits per heavy atom. The molecule has 0 saturated carbocycles. The van der Waals surface area contributed by atoms with E-state index in [4.69, 9.17) is 14.5 Å². The third-order valence-electron chi connectivity index (χ3n) is 5.42. The second-order valence-corrected chi connectivity index (χ2v) is 7.49. The Labute approximate surface area is 177 Å². The number of aromatic nitrogens is 1. The summed E-state index contributed by atoms with van der Waals surface area (Å²) in [6.07, 6.45) is 4.18. The highest BCUT2D eigenvalue weighted by atomic mass is 16.5. The summed E-state index contributed by atoms with van der Waals surface area (Å²) in [5.41, 5.74) is 5.08. The maximum Gasteiger partial charge on any atom is 0.335 e. The third kappa shape index (κ3) is 4.79. The summed E-state index contributed by atoms with van der Waals surface area (Å²) in [6, 6.07) is 5.16. The number of hydrogen-bond acceptors (Lipinski definition) is 6. The lowest BCUT2D eigenvalue weighted by atomic mass is 10.0. The number of hydrogen-bond donors (Lipinski definition) is 1. The predicted molar refractivity (Wildman–Crippen MR) is 116 cm³/mol. The van der Waals surface area contributed by atoms with Gasteiger partial charge in [0.1, 0.15) is 11.6 Å². The van der Waals surface area contributed by atoms with Crippen LogP contribution in [0.3, 0.4) is 0 Å². The van der Waals surface area contributed by atoms with Gasteiger partial charge < -0.3 is 19.5 Å². The summed E-state index contributed by atoms with van der Waals surface area (Å²) in [7, 11) is 3.38. The van der Waals surface area contributed by atoms with Gasteiger partial charge in [-0.15, -0.1) is 0 Å². The molecule has 2 aromatic rings. The van der Waals surface area contributed by atoms with Crippen molar-refractivity contribution >= 4 is 17.5 Å². The molecular weight excluding hydrogens is 382 g/mol. The van der Waals surface area contributed by atoms with Gasteiger partial charge in [0.05, 0.1) is 18.4 Å². The van der Waals surface area contributed by atoms with Crippen molar-refractivity contribution in [1.82, 2.24) is 9.88 Å². The normalized spacial score (nSPS) is 13.1. The molecule has 0 radical (unpaired) electrons. The van der Waals surface area contributed by atoms with Crippen LogP contribution in [0.25, 0.3) is 0 Å². The molecule has 0 amide bonds. The van der Waals surface area contributed by atoms with Crippen molar-refractivity contribution in [1.29, 1.82) is 0 Å². The van der Waals surface area contributed by atoms with E-state index in [0.717, 1.165) is 59.0 Å². The smallest absolute Gasteiger partial charge is 0.335 e. The summed E-state index contributed by atoms with van der Waals surface area (Å²) in [5.74, 6) is 0.879. The Morgan fingerprint density at radius 2 is 2.03 bits per heavy atom. The number of carboxylic acids is 1. The van der Waals surface area contributed by atoms with Crippen LogP contribution >= 0.6 is 0 Å². The Balaban J connectivity index is 1.86. The van der Waals surface area contributed by atoms with Gasteiger partial charge >= 0.3 is 5.97 Å². The number of aromatic carboxylic acids is 1. The van der Waals surface area contributed by atoms with Crippen LogP contribution in [-0.4, -0.2) is 54.2 Å². The number of aryl methyl sites for hydroxylation is 2. The zero-order valence-corrected chi connectivity index (χ0v) is 18.1. The van der Waals surface area contributed by atoms with Crippen LogP contribution in [0.5, 0.6) is 5.75 Å². The first-order valence-corrected chi connectivity index (χ1v) is 10.1. The minimum Gasteiger partial charge on any atom is -0.496 e. The van der Waals surface area contributed by atoms with Crippen molar-refractivity contribution in [2.45, 2.75) is 39.7 Å². The van der Waals surface area contributed by atoms with Crippen molar-refractivity contribution in [3.05, 3.63) is 52.3 Å². The SMILES string of the molecule is COCCCN1Cc2ccc(C(=O)O)cc2N=C1CCc1ncc(C)c(OC)c1C. The van der Waals surface area contributed by atoms with Crippen molar-refractivity contribution in [2.24, 2.45) is 4.99 Å². The molecule has 1 aliphatic heterocycles. The van der Waals surface area contributed by atoms with Gasteiger partial charge in [-0.05, 0) is 44.4 Å². The van der Waals surface area contributed by atoms with Crippen LogP contribution < -0.4 is 4.74 Å². The zero-order chi connectivity index (χ0) is 21.7. The third-order valence-corrected chi connectivity index (χ3v) is 5.42. The Kier molecular flexibility index (Phi) is 7.05. The monoisotopic (exact) mass is 411 g/mol. The highest BCUT2D eigenvalue weighted by molar-refractivity contribution is 5.91. The molecule has 0 fully saturated rings. The molecule has 1 aromatic heterocycles. The highest BCUT2D eigenvalue weighted by Gasteiger charge is 2.21. The number of carbonyl (C=O) groups is 1. The molecule has 0 spiro atoms. The quantitative estimate of drug-likeness (QED) is 0.630. The molecule has 0 bridgehead atoms. The first-order valence-electron chi connectivity index (χ1n) is 10.1. The molecule has 30 heavy (non-hydrogen) atoms. The molecule has 0 atom stereocenters. The molecule has 0 saturated heterocycles. The Bertz CT molecular complexity index is 956. The topological polar surface area (TPSA) is 84.2 Å². The molecular formula is C23H29N3O4. The fourth-order valence-electron chi connectivity index (χ4n) is 3.82. The van der Waals surface area contributed by atoms with E-state index < -0.39 is 5.97 Å². The van der Waals surface area contributed by atoms with Gasteiger partial charge in [-0.1, -0.05) is 6.07 Å². The summed E-state index contributed by atoms with van der Waals surface area (Å²) in [5, 5.41) is 9.31. The van der Waals surface area contributed by atoms with E-state index in [1.54, 1.807) is 26.4 Å². The van der Waals surface area contributed by atoms with E-state index in [-0.39, 0.29) is 5.56 Å². The fraction of sp³-hybridized carbons (Fsp3) is 0.435. The summed E-state index contributed by atoms with van der Waals surface area (Å²) < 4.78 is 10.7. The molecule has 3 rings (SSSR count). The second kappa shape index (κ2) is 9.71. The number of rotatable bonds is 9. The van der Waals surface area contributed by atoms with Gasteiger partial charge in [0.2, 0.25) is 0 Å². The van der Waals surface area contributed by atoms with Crippen LogP contribution in [0, 0.1) is 13.8 Å². The number of fused-ring (bicyclic) bond motifs is 1. The highest BCUT2D eigenvalue weighted by Crippen LogP contribution is 2.30. The molecule has 7 nitrogen and oxygen atoms in total. The lowest BCUT2D eigenvalue weighted by molar-refractivity contribution is 0.0697. The summed E-state index contributed by atoms with van der Waals surface area (Å²) in [6.45, 7) is 6.24. The first kappa shape index (κ1) is 21.8. The maximum atomic E-state index is 11.4. The number of benzene rings is 1. The molecule has 7 heteroatoms. The average Bonchev–Trinajstić information content (AvgIpc) is 2.73. The predicted octanol–water partition coefficient (Wildman–Crippen LogP) is 3.92. The number of aliphatic imine (C=N–C) groups is 1. The van der Waals surface area contributed by atoms with Gasteiger partial charge in [0, 0.05) is 56.2 Å². The first-order chi connectivity index (χ1) is 14.4. The summed E-state index contributed by atoms with van der Waals surface area (Å²) in [4.78, 5) is 23.0. The number of ether oxygens (including phenoxy) is 2. The van der Waals surface area contributed by atoms with E-state index in [0.29, 0.717) is 19.6 Å². The number of methoxy groups -OCH3 is 2. The van der Waals surface area contributed by atoms with Crippen LogP contribution in [0.4, 0.5) is 5.69 Å². The molecule has 0 unspecified atom stereocenters. The van der Waals surface area contributed by atoms with Crippen LogP contribution in [0.15, 0.2) is 29.4 Å². The van der Waals surface area contributed by atoms with Crippen molar-refractivity contribution in [3.63, 3.8) is 0 Å². The number of nitrogens with zero attached hydrogens (tertiary/aromatic N) is 3. The van der Waals surface area contributed by atoms with Crippen LogP contribution in [0.1, 0.15) is 45.6 Å². The van der Waals surface area contributed by atoms with E-state index in [2.05, 4.69) is 9.88 Å². The van der Waals surface area contributed by atoms with Crippen LogP contribution in [-0.2, 0) is 17.7 Å². The average molecular weight is 412 g/mol. The van der Waals surface area contributed by atoms with Gasteiger partial charge in [-0.2, -0.15) is 0 Å². The van der Waals surface area contributed by atoms with Gasteiger partial charge in [0.25, 0.3) is 0 Å². The van der Waals surface area contributed by atoms with Gasteiger partial charge in [0.15, 0.2) is 0 Å². The largest absolute Gasteiger partial charge is 0.496 e. The minimum atomic E-state index is -0.941. The van der Waals surface area contributed by atoms with Gasteiger partial charge in [-0.25, -0.2) is 9.79 Å². The molecule has 1 aliphatic rings. The lowest BCUT2D eigenvalue weighted by Gasteiger charge is -2.31. The Morgan fingerprint density at radius 1 is 1.23 bits per heavy atom. The van der Waals surface area contributed by atoms with Crippen molar-refractivity contribution in [2.75, 3.05) is 27.4 Å². The molecule has 1 N–H and O–H groups in total. The van der Waals surface area contributed by atoms with E-state index in [9.17, 15) is 9.90 Å². The summed E-state index contributed by atoms with van der Waals surface area (Å²) >= 11 is 0. The molecule has 160 valence electrons. The van der Waals surface area contributed by atoms with Crippen molar-refractivity contribution in [3.8, 4) is 5.75 Å². The number of pyridine rings is 1. The van der Waals surface area contributed by atoms with E-state index in [1.807, 2.05) is 26.1 Å². The number of amidine groups is 1. The van der Waals surface area contributed by atoms with E-state index in [1.165, 1.54) is 0 Å². The van der Waals surface area contributed by atoms with Crippen molar-refractivity contribution < 1.29 is 19.4 Å². The van der Waals surface area contributed by atoms with E-state index >= 15 is 0 Å². The minimum absolute atomic E-state index is 0.255. The number of carboxylic acid groups (broad SMARTS) is 1. The molecule has 0 aliphatic carbocycles. The molecule has 2 heterocycles. The standard InChI is InChI=1S/C23H29N3O4/c1-15-13-24-19(16(2)22(15)30-4)8-9-21-25-20-12-17(23(27)28)6-7-18(20)14-26(21)10-5-11-29-3/h6-7,12-13H,5,8-11,14H2,1-4H3,(H,27,28). The maximum absolute atomic E-state index is 11.4. The van der Waals surface area contributed by atoms with Gasteiger partial charge in [-0.3, -0.25) is 4.98 Å².